The van der Waals surface area contributed by atoms with Crippen molar-refractivity contribution in [1.29, 1.82) is 0 Å². The predicted molar refractivity (Wildman–Crippen MR) is 61.2 cm³/mol. The Balaban J connectivity index is 2.02. The van der Waals surface area contributed by atoms with E-state index in [1.807, 2.05) is 0 Å². The fourth-order valence-electron chi connectivity index (χ4n) is 1.75. The summed E-state index contributed by atoms with van der Waals surface area (Å²) in [5, 5.41) is 3.83. The topological polar surface area (TPSA) is 41.0 Å². The largest absolute Gasteiger partial charge is 0.362 e. The Morgan fingerprint density at radius 2 is 2.20 bits per heavy atom. The summed E-state index contributed by atoms with van der Waals surface area (Å²) >= 11 is 5.78. The van der Waals surface area contributed by atoms with E-state index < -0.39 is 0 Å². The molecule has 2 rings (SSSR count). The lowest BCUT2D eigenvalue weighted by Gasteiger charge is -2.21. The van der Waals surface area contributed by atoms with E-state index in [-0.39, 0.29) is 5.54 Å². The van der Waals surface area contributed by atoms with Crippen LogP contribution in [0, 0.1) is 0 Å². The number of hydrogen-bond donors (Lipinski definition) is 1. The number of hydrogen-bond acceptors (Lipinski definition) is 4. The molecular formula is C10H15ClN4. The molecule has 1 N–H and O–H groups in total. The molecule has 5 heteroatoms. The van der Waals surface area contributed by atoms with Crippen molar-refractivity contribution in [1.82, 2.24) is 14.9 Å². The summed E-state index contributed by atoms with van der Waals surface area (Å²) in [6.45, 7) is 1.02. The first-order chi connectivity index (χ1) is 7.10. The Morgan fingerprint density at radius 1 is 1.47 bits per heavy atom. The number of aromatic nitrogens is 2. The number of anilines is 1. The Bertz CT molecular complexity index is 349. The molecule has 82 valence electrons. The third-order valence-electron chi connectivity index (χ3n) is 2.47. The minimum atomic E-state index is 0.183. The van der Waals surface area contributed by atoms with Crippen molar-refractivity contribution in [3.63, 3.8) is 0 Å². The van der Waals surface area contributed by atoms with Crippen molar-refractivity contribution in [2.75, 3.05) is 26.0 Å². The van der Waals surface area contributed by atoms with Crippen LogP contribution in [-0.2, 0) is 0 Å². The first-order valence-corrected chi connectivity index (χ1v) is 5.38. The number of nitrogens with zero attached hydrogens (tertiary/aromatic N) is 3. The maximum absolute atomic E-state index is 5.78. The normalized spacial score (nSPS) is 17.9. The van der Waals surface area contributed by atoms with Crippen molar-refractivity contribution in [3.8, 4) is 0 Å². The minimum Gasteiger partial charge on any atom is -0.362 e. The lowest BCUT2D eigenvalue weighted by molar-refractivity contribution is 0.374. The molecule has 4 nitrogen and oxygen atoms in total. The van der Waals surface area contributed by atoms with Gasteiger partial charge in [-0.3, -0.25) is 4.98 Å². The maximum atomic E-state index is 5.78. The van der Waals surface area contributed by atoms with Gasteiger partial charge in [0.1, 0.15) is 11.0 Å². The molecule has 0 bridgehead atoms. The van der Waals surface area contributed by atoms with Gasteiger partial charge in [-0.05, 0) is 26.9 Å². The molecule has 1 saturated carbocycles. The third kappa shape index (κ3) is 2.79. The van der Waals surface area contributed by atoms with E-state index >= 15 is 0 Å². The van der Waals surface area contributed by atoms with E-state index in [4.69, 9.17) is 11.6 Å². The number of halogens is 1. The third-order valence-corrected chi connectivity index (χ3v) is 2.65. The monoisotopic (exact) mass is 226 g/mol. The van der Waals surface area contributed by atoms with Crippen molar-refractivity contribution < 1.29 is 0 Å². The molecular weight excluding hydrogens is 212 g/mol. The van der Waals surface area contributed by atoms with Crippen molar-refractivity contribution in [3.05, 3.63) is 17.5 Å². The van der Waals surface area contributed by atoms with Crippen LogP contribution in [0.15, 0.2) is 12.4 Å². The Hall–Kier alpha value is -0.870. The summed E-state index contributed by atoms with van der Waals surface area (Å²) in [6, 6.07) is 0. The van der Waals surface area contributed by atoms with Crippen LogP contribution in [0.4, 0.5) is 5.82 Å². The molecule has 15 heavy (non-hydrogen) atoms. The Labute approximate surface area is 94.7 Å². The van der Waals surface area contributed by atoms with Crippen LogP contribution in [0.3, 0.4) is 0 Å². The van der Waals surface area contributed by atoms with Gasteiger partial charge in [0.15, 0.2) is 0 Å². The summed E-state index contributed by atoms with van der Waals surface area (Å²) in [6.07, 6.45) is 5.61. The molecule has 0 aliphatic heterocycles. The van der Waals surface area contributed by atoms with Crippen molar-refractivity contribution in [2.45, 2.75) is 18.4 Å². The van der Waals surface area contributed by atoms with Crippen LogP contribution in [0.2, 0.25) is 5.15 Å². The van der Waals surface area contributed by atoms with E-state index in [9.17, 15) is 0 Å². The summed E-state index contributed by atoms with van der Waals surface area (Å²) < 4.78 is 0. The van der Waals surface area contributed by atoms with Crippen LogP contribution in [0.5, 0.6) is 0 Å². The van der Waals surface area contributed by atoms with Crippen LogP contribution in [-0.4, -0.2) is 41.0 Å². The van der Waals surface area contributed by atoms with E-state index in [0.717, 1.165) is 12.4 Å². The van der Waals surface area contributed by atoms with Gasteiger partial charge in [-0.1, -0.05) is 11.6 Å². The zero-order valence-electron chi connectivity index (χ0n) is 9.00. The molecule has 0 atom stereocenters. The standard InChI is InChI=1S/C10H15ClN4/c1-15(2)7-10(3-4-10)14-9-6-12-5-8(11)13-9/h5-6H,3-4,7H2,1-2H3,(H,13,14). The fourth-order valence-corrected chi connectivity index (χ4v) is 1.90. The van der Waals surface area contributed by atoms with Gasteiger partial charge in [0.25, 0.3) is 0 Å². The average Bonchev–Trinajstić information content (AvgIpc) is 2.83. The molecule has 0 aromatic carbocycles. The molecule has 1 aliphatic carbocycles. The quantitative estimate of drug-likeness (QED) is 0.848. The summed E-state index contributed by atoms with van der Waals surface area (Å²) in [5.41, 5.74) is 0.183. The van der Waals surface area contributed by atoms with Gasteiger partial charge in [-0.15, -0.1) is 0 Å². The van der Waals surface area contributed by atoms with Gasteiger partial charge in [0.05, 0.1) is 17.9 Å². The lowest BCUT2D eigenvalue weighted by atomic mass is 10.2. The van der Waals surface area contributed by atoms with E-state index in [0.29, 0.717) is 5.15 Å². The summed E-state index contributed by atoms with van der Waals surface area (Å²) in [7, 11) is 4.15. The van der Waals surface area contributed by atoms with E-state index in [2.05, 4.69) is 34.3 Å². The van der Waals surface area contributed by atoms with E-state index in [1.54, 1.807) is 6.20 Å². The van der Waals surface area contributed by atoms with Crippen LogP contribution < -0.4 is 5.32 Å². The zero-order chi connectivity index (χ0) is 10.9. The van der Waals surface area contributed by atoms with Gasteiger partial charge in [0, 0.05) is 6.54 Å². The lowest BCUT2D eigenvalue weighted by Crippen LogP contribution is -2.34. The van der Waals surface area contributed by atoms with E-state index in [1.165, 1.54) is 19.0 Å². The molecule has 1 aliphatic rings. The minimum absolute atomic E-state index is 0.183. The first kappa shape index (κ1) is 10.6. The van der Waals surface area contributed by atoms with Gasteiger partial charge in [-0.25, -0.2) is 4.98 Å². The molecule has 1 aromatic rings. The molecule has 1 fully saturated rings. The maximum Gasteiger partial charge on any atom is 0.149 e. The highest BCUT2D eigenvalue weighted by Gasteiger charge is 2.43. The van der Waals surface area contributed by atoms with Crippen LogP contribution >= 0.6 is 11.6 Å². The summed E-state index contributed by atoms with van der Waals surface area (Å²) in [4.78, 5) is 10.4. The number of nitrogens with one attached hydrogen (secondary N) is 1. The second-order valence-electron chi connectivity index (χ2n) is 4.37. The Morgan fingerprint density at radius 3 is 2.73 bits per heavy atom. The molecule has 1 aromatic heterocycles. The number of rotatable bonds is 4. The van der Waals surface area contributed by atoms with Crippen molar-refractivity contribution >= 4 is 17.4 Å². The molecule has 1 heterocycles. The van der Waals surface area contributed by atoms with Gasteiger partial charge in [-0.2, -0.15) is 0 Å². The highest BCUT2D eigenvalue weighted by Crippen LogP contribution is 2.38. The second kappa shape index (κ2) is 3.94. The second-order valence-corrected chi connectivity index (χ2v) is 4.76. The van der Waals surface area contributed by atoms with Gasteiger partial charge in [0.2, 0.25) is 0 Å². The predicted octanol–water partition coefficient (Wildman–Crippen LogP) is 1.64. The average molecular weight is 227 g/mol. The molecule has 0 saturated heterocycles. The summed E-state index contributed by atoms with van der Waals surface area (Å²) in [5.74, 6) is 0.766. The highest BCUT2D eigenvalue weighted by molar-refractivity contribution is 6.29. The van der Waals surface area contributed by atoms with Gasteiger partial charge >= 0.3 is 0 Å². The molecule has 0 radical (unpaired) electrons. The van der Waals surface area contributed by atoms with Crippen LogP contribution in [0.1, 0.15) is 12.8 Å². The number of likely N-dealkylation sites (N-methyl/N-ethyl adjacent to an activating group) is 1. The fraction of sp³-hybridized carbons (Fsp3) is 0.600. The molecule has 0 spiro atoms. The van der Waals surface area contributed by atoms with Gasteiger partial charge < -0.3 is 10.2 Å². The molecule has 0 amide bonds. The van der Waals surface area contributed by atoms with Crippen molar-refractivity contribution in [2.24, 2.45) is 0 Å². The SMILES string of the molecule is CN(C)CC1(Nc2cncc(Cl)n2)CC1. The zero-order valence-corrected chi connectivity index (χ0v) is 9.75. The highest BCUT2D eigenvalue weighted by atomic mass is 35.5. The Kier molecular flexibility index (Phi) is 2.80. The first-order valence-electron chi connectivity index (χ1n) is 5.00. The smallest absolute Gasteiger partial charge is 0.149 e. The van der Waals surface area contributed by atoms with Crippen LogP contribution in [0.25, 0.3) is 0 Å². The molecule has 0 unspecified atom stereocenters.